The predicted molar refractivity (Wildman–Crippen MR) is 86.0 cm³/mol. The maximum Gasteiger partial charge on any atom is 0.274 e. The van der Waals surface area contributed by atoms with Crippen LogP contribution in [0.1, 0.15) is 40.8 Å². The molecule has 0 spiro atoms. The SMILES string of the molecule is CCc1cc(C(=O)N(Cc2cccs2)CC2CCCO2)n[nH]1. The van der Waals surface area contributed by atoms with Crippen LogP contribution in [0.3, 0.4) is 0 Å². The van der Waals surface area contributed by atoms with Gasteiger partial charge in [0.1, 0.15) is 5.69 Å². The van der Waals surface area contributed by atoms with E-state index in [4.69, 9.17) is 4.74 Å². The van der Waals surface area contributed by atoms with Gasteiger partial charge in [-0.05, 0) is 36.8 Å². The van der Waals surface area contributed by atoms with Gasteiger partial charge < -0.3 is 9.64 Å². The Morgan fingerprint density at radius 2 is 2.50 bits per heavy atom. The van der Waals surface area contributed by atoms with Crippen molar-refractivity contribution in [2.45, 2.75) is 38.8 Å². The molecule has 0 radical (unpaired) electrons. The molecular formula is C16H21N3O2S. The number of carbonyl (C=O) groups excluding carboxylic acids is 1. The van der Waals surface area contributed by atoms with Crippen LogP contribution < -0.4 is 0 Å². The average Bonchev–Trinajstić information content (AvgIpc) is 3.28. The smallest absolute Gasteiger partial charge is 0.274 e. The fourth-order valence-corrected chi connectivity index (χ4v) is 3.38. The quantitative estimate of drug-likeness (QED) is 0.890. The van der Waals surface area contributed by atoms with E-state index in [-0.39, 0.29) is 12.0 Å². The van der Waals surface area contributed by atoms with Crippen LogP contribution >= 0.6 is 11.3 Å². The Morgan fingerprint density at radius 3 is 3.14 bits per heavy atom. The Labute approximate surface area is 134 Å². The van der Waals surface area contributed by atoms with E-state index in [1.54, 1.807) is 11.3 Å². The minimum Gasteiger partial charge on any atom is -0.376 e. The van der Waals surface area contributed by atoms with Crippen LogP contribution in [0, 0.1) is 0 Å². The Balaban J connectivity index is 1.74. The molecule has 1 atom stereocenters. The lowest BCUT2D eigenvalue weighted by Gasteiger charge is -2.24. The summed E-state index contributed by atoms with van der Waals surface area (Å²) in [5.41, 5.74) is 1.47. The molecule has 118 valence electrons. The third-order valence-corrected chi connectivity index (χ3v) is 4.75. The van der Waals surface area contributed by atoms with Gasteiger partial charge in [-0.2, -0.15) is 5.10 Å². The van der Waals surface area contributed by atoms with Crippen molar-refractivity contribution < 1.29 is 9.53 Å². The summed E-state index contributed by atoms with van der Waals surface area (Å²) in [6, 6.07) is 5.92. The topological polar surface area (TPSA) is 58.2 Å². The maximum atomic E-state index is 12.8. The Morgan fingerprint density at radius 1 is 1.59 bits per heavy atom. The first kappa shape index (κ1) is 15.2. The molecule has 0 saturated carbocycles. The number of ether oxygens (including phenoxy) is 1. The molecule has 1 saturated heterocycles. The molecule has 1 unspecified atom stereocenters. The van der Waals surface area contributed by atoms with E-state index >= 15 is 0 Å². The fraction of sp³-hybridized carbons (Fsp3) is 0.500. The summed E-state index contributed by atoms with van der Waals surface area (Å²) >= 11 is 1.67. The summed E-state index contributed by atoms with van der Waals surface area (Å²) < 4.78 is 5.70. The Kier molecular flexibility index (Phi) is 4.90. The highest BCUT2D eigenvalue weighted by molar-refractivity contribution is 7.09. The number of nitrogens with zero attached hydrogens (tertiary/aromatic N) is 2. The lowest BCUT2D eigenvalue weighted by atomic mass is 10.2. The van der Waals surface area contributed by atoms with Gasteiger partial charge in [-0.25, -0.2) is 0 Å². The molecule has 2 aromatic rings. The number of carbonyl (C=O) groups is 1. The summed E-state index contributed by atoms with van der Waals surface area (Å²) in [7, 11) is 0. The number of amides is 1. The number of hydrogen-bond donors (Lipinski definition) is 1. The van der Waals surface area contributed by atoms with Crippen molar-refractivity contribution in [3.8, 4) is 0 Å². The molecule has 6 heteroatoms. The van der Waals surface area contributed by atoms with Crippen LogP contribution in [0.2, 0.25) is 0 Å². The lowest BCUT2D eigenvalue weighted by molar-refractivity contribution is 0.0505. The van der Waals surface area contributed by atoms with Crippen molar-refractivity contribution >= 4 is 17.2 Å². The van der Waals surface area contributed by atoms with Crippen molar-refractivity contribution in [1.82, 2.24) is 15.1 Å². The second-order valence-electron chi connectivity index (χ2n) is 5.53. The van der Waals surface area contributed by atoms with Gasteiger partial charge in [-0.3, -0.25) is 9.89 Å². The normalized spacial score (nSPS) is 17.8. The van der Waals surface area contributed by atoms with Gasteiger partial charge in [0, 0.05) is 23.7 Å². The predicted octanol–water partition coefficient (Wildman–Crippen LogP) is 2.86. The van der Waals surface area contributed by atoms with Crippen molar-refractivity contribution in [1.29, 1.82) is 0 Å². The van der Waals surface area contributed by atoms with Crippen LogP contribution in [0.4, 0.5) is 0 Å². The molecule has 1 N–H and O–H groups in total. The number of rotatable bonds is 6. The summed E-state index contributed by atoms with van der Waals surface area (Å²) in [5, 5.41) is 9.11. The summed E-state index contributed by atoms with van der Waals surface area (Å²) in [4.78, 5) is 15.8. The van der Waals surface area contributed by atoms with Gasteiger partial charge >= 0.3 is 0 Å². The Bertz CT molecular complexity index is 603. The van der Waals surface area contributed by atoms with Crippen molar-refractivity contribution in [3.63, 3.8) is 0 Å². The molecule has 0 bridgehead atoms. The van der Waals surface area contributed by atoms with Crippen LogP contribution in [0.5, 0.6) is 0 Å². The van der Waals surface area contributed by atoms with E-state index in [1.165, 1.54) is 4.88 Å². The molecule has 5 nitrogen and oxygen atoms in total. The maximum absolute atomic E-state index is 12.8. The molecule has 1 amide bonds. The highest BCUT2D eigenvalue weighted by atomic mass is 32.1. The zero-order valence-corrected chi connectivity index (χ0v) is 13.6. The summed E-state index contributed by atoms with van der Waals surface area (Å²) in [5.74, 6) is -0.0279. The van der Waals surface area contributed by atoms with Crippen molar-refractivity contribution in [2.24, 2.45) is 0 Å². The number of aryl methyl sites for hydroxylation is 1. The van der Waals surface area contributed by atoms with Gasteiger partial charge in [-0.1, -0.05) is 13.0 Å². The molecule has 1 aliphatic heterocycles. The second kappa shape index (κ2) is 7.07. The minimum atomic E-state index is -0.0279. The van der Waals surface area contributed by atoms with Gasteiger partial charge in [0.05, 0.1) is 12.6 Å². The molecule has 22 heavy (non-hydrogen) atoms. The number of aromatic nitrogens is 2. The van der Waals surface area contributed by atoms with E-state index in [1.807, 2.05) is 29.3 Å². The molecular weight excluding hydrogens is 298 g/mol. The largest absolute Gasteiger partial charge is 0.376 e. The van der Waals surface area contributed by atoms with Gasteiger partial charge in [0.2, 0.25) is 0 Å². The number of nitrogens with one attached hydrogen (secondary N) is 1. The zero-order chi connectivity index (χ0) is 15.4. The second-order valence-corrected chi connectivity index (χ2v) is 6.56. The molecule has 2 aromatic heterocycles. The molecule has 0 aromatic carbocycles. The summed E-state index contributed by atoms with van der Waals surface area (Å²) in [6.45, 7) is 4.08. The first-order chi connectivity index (χ1) is 10.8. The molecule has 0 aliphatic carbocycles. The Hall–Kier alpha value is -1.66. The molecule has 1 fully saturated rings. The van der Waals surface area contributed by atoms with Crippen LogP contribution in [0.25, 0.3) is 0 Å². The van der Waals surface area contributed by atoms with Crippen LogP contribution in [0.15, 0.2) is 23.6 Å². The first-order valence-electron chi connectivity index (χ1n) is 7.74. The number of aromatic amines is 1. The van der Waals surface area contributed by atoms with Crippen molar-refractivity contribution in [2.75, 3.05) is 13.2 Å². The van der Waals surface area contributed by atoms with Gasteiger partial charge in [-0.15, -0.1) is 11.3 Å². The van der Waals surface area contributed by atoms with E-state index in [2.05, 4.69) is 16.3 Å². The molecule has 3 heterocycles. The third kappa shape index (κ3) is 3.56. The van der Waals surface area contributed by atoms with E-state index < -0.39 is 0 Å². The first-order valence-corrected chi connectivity index (χ1v) is 8.61. The zero-order valence-electron chi connectivity index (χ0n) is 12.7. The molecule has 3 rings (SSSR count). The van der Waals surface area contributed by atoms with Gasteiger partial charge in [0.25, 0.3) is 5.91 Å². The van der Waals surface area contributed by atoms with E-state index in [0.717, 1.165) is 31.6 Å². The van der Waals surface area contributed by atoms with E-state index in [0.29, 0.717) is 18.8 Å². The highest BCUT2D eigenvalue weighted by Gasteiger charge is 2.25. The molecule has 1 aliphatic rings. The van der Waals surface area contributed by atoms with E-state index in [9.17, 15) is 4.79 Å². The fourth-order valence-electron chi connectivity index (χ4n) is 2.66. The standard InChI is InChI=1S/C16H21N3O2S/c1-2-12-9-15(18-17-12)16(20)19(10-13-5-3-7-21-13)11-14-6-4-8-22-14/h4,6,8-9,13H,2-3,5,7,10-11H2,1H3,(H,17,18). The number of H-pyrrole nitrogens is 1. The number of hydrogen-bond acceptors (Lipinski definition) is 4. The summed E-state index contributed by atoms with van der Waals surface area (Å²) in [6.07, 6.45) is 3.09. The van der Waals surface area contributed by atoms with Crippen LogP contribution in [-0.2, 0) is 17.7 Å². The van der Waals surface area contributed by atoms with Crippen LogP contribution in [-0.4, -0.2) is 40.3 Å². The van der Waals surface area contributed by atoms with Crippen molar-refractivity contribution in [3.05, 3.63) is 39.8 Å². The average molecular weight is 319 g/mol. The lowest BCUT2D eigenvalue weighted by Crippen LogP contribution is -2.37. The monoisotopic (exact) mass is 319 g/mol. The highest BCUT2D eigenvalue weighted by Crippen LogP contribution is 2.19. The third-order valence-electron chi connectivity index (χ3n) is 3.89. The van der Waals surface area contributed by atoms with Gasteiger partial charge in [0.15, 0.2) is 0 Å². The number of thiophene rings is 1. The minimum absolute atomic E-state index is 0.0279.